The van der Waals surface area contributed by atoms with E-state index in [0.29, 0.717) is 10.6 Å². The zero-order chi connectivity index (χ0) is 19.5. The van der Waals surface area contributed by atoms with Gasteiger partial charge in [0.1, 0.15) is 5.37 Å². The standard InChI is InChI=1S/C21H22NO3PS/c1-17-13-15-21(16-14-17)27(24,25)18(2)22-26(23,19-9-5-3-6-10-19)20-11-7-4-8-12-20/h3-16,18H,1-2H3,(H,22,23). The molecule has 0 heterocycles. The maximum atomic E-state index is 14.0. The van der Waals surface area contributed by atoms with Crippen LogP contribution >= 0.6 is 7.29 Å². The molecule has 1 unspecified atom stereocenters. The van der Waals surface area contributed by atoms with Crippen molar-refractivity contribution in [3.63, 3.8) is 0 Å². The minimum Gasteiger partial charge on any atom is -0.296 e. The zero-order valence-electron chi connectivity index (χ0n) is 15.2. The van der Waals surface area contributed by atoms with Gasteiger partial charge in [0.05, 0.1) is 4.90 Å². The fourth-order valence-electron chi connectivity index (χ4n) is 2.83. The largest absolute Gasteiger partial charge is 0.296 e. The highest BCUT2D eigenvalue weighted by Gasteiger charge is 2.34. The topological polar surface area (TPSA) is 63.2 Å². The molecule has 0 spiro atoms. The van der Waals surface area contributed by atoms with Crippen LogP contribution in [-0.4, -0.2) is 13.8 Å². The Morgan fingerprint density at radius 2 is 1.22 bits per heavy atom. The third-order valence-corrected chi connectivity index (χ3v) is 9.37. The third kappa shape index (κ3) is 4.06. The van der Waals surface area contributed by atoms with Gasteiger partial charge in [-0.15, -0.1) is 0 Å². The van der Waals surface area contributed by atoms with Gasteiger partial charge in [-0.2, -0.15) is 0 Å². The Hall–Kier alpha value is -2.20. The Bertz CT molecular complexity index is 1010. The highest BCUT2D eigenvalue weighted by atomic mass is 32.2. The summed E-state index contributed by atoms with van der Waals surface area (Å²) in [5.41, 5.74) is 0.980. The molecule has 0 fully saturated rings. The molecule has 6 heteroatoms. The van der Waals surface area contributed by atoms with E-state index in [2.05, 4.69) is 5.09 Å². The van der Waals surface area contributed by atoms with E-state index in [0.717, 1.165) is 5.56 Å². The van der Waals surface area contributed by atoms with E-state index in [-0.39, 0.29) is 4.90 Å². The molecule has 0 saturated carbocycles. The van der Waals surface area contributed by atoms with Crippen LogP contribution in [0.2, 0.25) is 0 Å². The molecular formula is C21H22NO3PS. The average molecular weight is 399 g/mol. The van der Waals surface area contributed by atoms with E-state index < -0.39 is 22.5 Å². The fraction of sp³-hybridized carbons (Fsp3) is 0.143. The Kier molecular flexibility index (Phi) is 5.66. The second-order valence-electron chi connectivity index (χ2n) is 6.41. The van der Waals surface area contributed by atoms with Crippen LogP contribution in [0.25, 0.3) is 0 Å². The Morgan fingerprint density at radius 3 is 1.67 bits per heavy atom. The number of rotatable bonds is 6. The molecule has 0 aliphatic rings. The van der Waals surface area contributed by atoms with Crippen molar-refractivity contribution in [2.24, 2.45) is 0 Å². The molecule has 140 valence electrons. The molecule has 1 N–H and O–H groups in total. The van der Waals surface area contributed by atoms with Crippen LogP contribution in [0.3, 0.4) is 0 Å². The van der Waals surface area contributed by atoms with Gasteiger partial charge >= 0.3 is 0 Å². The highest BCUT2D eigenvalue weighted by Crippen LogP contribution is 2.40. The summed E-state index contributed by atoms with van der Waals surface area (Å²) in [5.74, 6) is 0. The maximum Gasteiger partial charge on any atom is 0.205 e. The zero-order valence-corrected chi connectivity index (χ0v) is 17.0. The molecule has 1 atom stereocenters. The van der Waals surface area contributed by atoms with Crippen LogP contribution in [0.1, 0.15) is 12.5 Å². The van der Waals surface area contributed by atoms with Gasteiger partial charge in [0.15, 0.2) is 9.84 Å². The molecular weight excluding hydrogens is 377 g/mol. The van der Waals surface area contributed by atoms with Gasteiger partial charge in [-0.3, -0.25) is 4.57 Å². The first kappa shape index (κ1) is 19.6. The predicted molar refractivity (Wildman–Crippen MR) is 111 cm³/mol. The number of aryl methyl sites for hydroxylation is 1. The van der Waals surface area contributed by atoms with Crippen molar-refractivity contribution in [2.45, 2.75) is 24.1 Å². The van der Waals surface area contributed by atoms with Gasteiger partial charge in [-0.1, -0.05) is 54.1 Å². The summed E-state index contributed by atoms with van der Waals surface area (Å²) in [6, 6.07) is 24.6. The van der Waals surface area contributed by atoms with Crippen LogP contribution < -0.4 is 15.7 Å². The van der Waals surface area contributed by atoms with Gasteiger partial charge in [0, 0.05) is 10.6 Å². The molecule has 0 amide bonds. The van der Waals surface area contributed by atoms with Gasteiger partial charge in [-0.05, 0) is 50.2 Å². The van der Waals surface area contributed by atoms with Crippen LogP contribution in [0, 0.1) is 6.92 Å². The van der Waals surface area contributed by atoms with E-state index >= 15 is 0 Å². The second-order valence-corrected chi connectivity index (χ2v) is 11.2. The van der Waals surface area contributed by atoms with Crippen molar-refractivity contribution >= 4 is 27.7 Å². The van der Waals surface area contributed by atoms with Crippen molar-refractivity contribution in [3.05, 3.63) is 90.5 Å². The number of hydrogen-bond acceptors (Lipinski definition) is 3. The lowest BCUT2D eigenvalue weighted by atomic mass is 10.2. The maximum absolute atomic E-state index is 14.0. The molecule has 3 aromatic carbocycles. The fourth-order valence-corrected chi connectivity index (χ4v) is 7.05. The quantitative estimate of drug-likeness (QED) is 0.643. The van der Waals surface area contributed by atoms with E-state index in [1.807, 2.05) is 19.1 Å². The Balaban J connectivity index is 2.02. The van der Waals surface area contributed by atoms with E-state index in [1.165, 1.54) is 6.92 Å². The lowest BCUT2D eigenvalue weighted by molar-refractivity contribution is 0.562. The minimum atomic E-state index is -3.69. The van der Waals surface area contributed by atoms with Gasteiger partial charge in [-0.25, -0.2) is 13.5 Å². The molecule has 4 nitrogen and oxygen atoms in total. The van der Waals surface area contributed by atoms with Crippen molar-refractivity contribution < 1.29 is 13.0 Å². The SMILES string of the molecule is Cc1ccc(S(=O)(=O)C(C)NP(=O)(c2ccccc2)c2ccccc2)cc1. The monoisotopic (exact) mass is 399 g/mol. The van der Waals surface area contributed by atoms with Crippen LogP contribution in [0.15, 0.2) is 89.8 Å². The highest BCUT2D eigenvalue weighted by molar-refractivity contribution is 7.92. The van der Waals surface area contributed by atoms with Crippen molar-refractivity contribution in [3.8, 4) is 0 Å². The van der Waals surface area contributed by atoms with Crippen LogP contribution in [-0.2, 0) is 14.4 Å². The summed E-state index contributed by atoms with van der Waals surface area (Å²) in [5, 5.41) is 3.07. The number of hydrogen-bond donors (Lipinski definition) is 1. The second kappa shape index (κ2) is 7.81. The average Bonchev–Trinajstić information content (AvgIpc) is 2.69. The minimum absolute atomic E-state index is 0.209. The molecule has 0 aliphatic heterocycles. The van der Waals surface area contributed by atoms with E-state index in [1.54, 1.807) is 72.8 Å². The van der Waals surface area contributed by atoms with E-state index in [4.69, 9.17) is 0 Å². The van der Waals surface area contributed by atoms with Crippen molar-refractivity contribution in [1.82, 2.24) is 5.09 Å². The molecule has 0 aliphatic carbocycles. The Morgan fingerprint density at radius 1 is 0.778 bits per heavy atom. The molecule has 27 heavy (non-hydrogen) atoms. The molecule has 0 saturated heterocycles. The first-order chi connectivity index (χ1) is 12.8. The molecule has 0 aromatic heterocycles. The summed E-state index contributed by atoms with van der Waals surface area (Å²) >= 11 is 0. The van der Waals surface area contributed by atoms with Gasteiger partial charge in [0.25, 0.3) is 0 Å². The summed E-state index contributed by atoms with van der Waals surface area (Å²) in [6.45, 7) is 3.44. The number of nitrogens with one attached hydrogen (secondary N) is 1. The third-order valence-electron chi connectivity index (χ3n) is 4.42. The molecule has 3 aromatic rings. The lowest BCUT2D eigenvalue weighted by Gasteiger charge is -2.25. The number of sulfone groups is 1. The Labute approximate surface area is 160 Å². The van der Waals surface area contributed by atoms with Crippen LogP contribution in [0.5, 0.6) is 0 Å². The van der Waals surface area contributed by atoms with Crippen molar-refractivity contribution in [2.75, 3.05) is 0 Å². The molecule has 0 bridgehead atoms. The molecule has 0 radical (unpaired) electrons. The molecule has 3 rings (SSSR count). The first-order valence-electron chi connectivity index (χ1n) is 8.64. The summed E-state index contributed by atoms with van der Waals surface area (Å²) in [6.07, 6.45) is 0. The smallest absolute Gasteiger partial charge is 0.205 e. The summed E-state index contributed by atoms with van der Waals surface area (Å²) < 4.78 is 40.0. The normalized spacial score (nSPS) is 13.3. The number of benzene rings is 3. The van der Waals surface area contributed by atoms with Gasteiger partial charge < -0.3 is 0 Å². The lowest BCUT2D eigenvalue weighted by Crippen LogP contribution is -2.38. The van der Waals surface area contributed by atoms with Crippen LogP contribution in [0.4, 0.5) is 0 Å². The summed E-state index contributed by atoms with van der Waals surface area (Å²) in [4.78, 5) is 0.209. The van der Waals surface area contributed by atoms with E-state index in [9.17, 15) is 13.0 Å². The predicted octanol–water partition coefficient (Wildman–Crippen LogP) is 3.63. The van der Waals surface area contributed by atoms with Gasteiger partial charge in [0.2, 0.25) is 7.29 Å². The van der Waals surface area contributed by atoms with Crippen molar-refractivity contribution in [1.29, 1.82) is 0 Å². The first-order valence-corrected chi connectivity index (χ1v) is 11.9. The summed E-state index contributed by atoms with van der Waals surface area (Å²) in [7, 11) is -7.02.